The highest BCUT2D eigenvalue weighted by atomic mass is 35.5. The number of halogens is 2. The van der Waals surface area contributed by atoms with E-state index in [0.717, 1.165) is 15.5 Å². The number of hydrogen-bond donors (Lipinski definition) is 1. The molecule has 0 radical (unpaired) electrons. The predicted molar refractivity (Wildman–Crippen MR) is 77.4 cm³/mol. The van der Waals surface area contributed by atoms with Crippen LogP contribution in [-0.2, 0) is 0 Å². The van der Waals surface area contributed by atoms with Crippen molar-refractivity contribution >= 4 is 35.0 Å². The van der Waals surface area contributed by atoms with Crippen molar-refractivity contribution in [2.45, 2.75) is 22.9 Å². The smallest absolute Gasteiger partial charge is 0.106 e. The number of benzene rings is 1. The van der Waals surface area contributed by atoms with Gasteiger partial charge in [0.1, 0.15) is 5.03 Å². The second-order valence-electron chi connectivity index (χ2n) is 3.86. The van der Waals surface area contributed by atoms with Crippen molar-refractivity contribution in [3.63, 3.8) is 0 Å². The number of pyridine rings is 1. The average molecular weight is 299 g/mol. The minimum atomic E-state index is -0.0702. The summed E-state index contributed by atoms with van der Waals surface area (Å²) in [6.45, 7) is 1.93. The molecule has 2 aromatic rings. The van der Waals surface area contributed by atoms with E-state index >= 15 is 0 Å². The fraction of sp³-hybridized carbons (Fsp3) is 0.154. The molecule has 1 heterocycles. The van der Waals surface area contributed by atoms with Crippen molar-refractivity contribution < 1.29 is 0 Å². The second-order valence-corrected chi connectivity index (χ2v) is 5.74. The van der Waals surface area contributed by atoms with Gasteiger partial charge in [-0.15, -0.1) is 0 Å². The van der Waals surface area contributed by atoms with Gasteiger partial charge in [-0.2, -0.15) is 0 Å². The van der Waals surface area contributed by atoms with E-state index in [1.165, 1.54) is 11.8 Å². The number of hydrogen-bond acceptors (Lipinski definition) is 3. The minimum absolute atomic E-state index is 0.0702. The Morgan fingerprint density at radius 2 is 2.06 bits per heavy atom. The summed E-state index contributed by atoms with van der Waals surface area (Å²) < 4.78 is 0. The lowest BCUT2D eigenvalue weighted by Crippen LogP contribution is -2.07. The summed E-state index contributed by atoms with van der Waals surface area (Å²) in [4.78, 5) is 5.23. The summed E-state index contributed by atoms with van der Waals surface area (Å²) in [7, 11) is 0. The van der Waals surface area contributed by atoms with Crippen LogP contribution in [0.25, 0.3) is 0 Å². The molecule has 1 aromatic heterocycles. The Bertz CT molecular complexity index is 558. The van der Waals surface area contributed by atoms with E-state index < -0.39 is 0 Å². The zero-order valence-corrected chi connectivity index (χ0v) is 12.1. The molecule has 0 amide bonds. The molecule has 0 unspecified atom stereocenters. The maximum atomic E-state index is 6.14. The van der Waals surface area contributed by atoms with Crippen LogP contribution in [0.5, 0.6) is 0 Å². The molecule has 2 rings (SSSR count). The van der Waals surface area contributed by atoms with Crippen molar-refractivity contribution in [2.75, 3.05) is 0 Å². The normalized spacial score (nSPS) is 12.4. The number of aromatic nitrogens is 1. The first-order chi connectivity index (χ1) is 8.58. The van der Waals surface area contributed by atoms with Crippen LogP contribution in [0.15, 0.2) is 46.5 Å². The van der Waals surface area contributed by atoms with Crippen LogP contribution >= 0.6 is 35.0 Å². The molecule has 1 atom stereocenters. The summed E-state index contributed by atoms with van der Waals surface area (Å²) in [5, 5.41) is 2.17. The van der Waals surface area contributed by atoms with Crippen LogP contribution in [0, 0.1) is 0 Å². The molecule has 5 heteroatoms. The first-order valence-corrected chi connectivity index (χ1v) is 6.98. The van der Waals surface area contributed by atoms with E-state index in [2.05, 4.69) is 4.98 Å². The largest absolute Gasteiger partial charge is 0.324 e. The fourth-order valence-electron chi connectivity index (χ4n) is 1.49. The van der Waals surface area contributed by atoms with Crippen molar-refractivity contribution in [3.05, 3.63) is 52.1 Å². The lowest BCUT2D eigenvalue weighted by Gasteiger charge is -2.11. The van der Waals surface area contributed by atoms with Gasteiger partial charge in [0.25, 0.3) is 0 Å². The summed E-state index contributed by atoms with van der Waals surface area (Å²) in [6, 6.07) is 9.15. The summed E-state index contributed by atoms with van der Waals surface area (Å²) in [6.07, 6.45) is 1.74. The molecular formula is C13H12Cl2N2S. The van der Waals surface area contributed by atoms with Gasteiger partial charge in [0.15, 0.2) is 0 Å². The number of rotatable bonds is 3. The van der Waals surface area contributed by atoms with Crippen molar-refractivity contribution in [1.82, 2.24) is 4.98 Å². The second kappa shape index (κ2) is 5.93. The molecule has 0 spiro atoms. The first-order valence-electron chi connectivity index (χ1n) is 5.41. The molecule has 0 saturated heterocycles. The molecule has 94 valence electrons. The van der Waals surface area contributed by atoms with Gasteiger partial charge < -0.3 is 5.73 Å². The van der Waals surface area contributed by atoms with E-state index in [4.69, 9.17) is 28.9 Å². The summed E-state index contributed by atoms with van der Waals surface area (Å²) in [5.74, 6) is 0. The van der Waals surface area contributed by atoms with Gasteiger partial charge in [0.05, 0.1) is 5.02 Å². The van der Waals surface area contributed by atoms with Crippen LogP contribution in [0.4, 0.5) is 0 Å². The van der Waals surface area contributed by atoms with E-state index in [1.807, 2.05) is 25.1 Å². The van der Waals surface area contributed by atoms with Crippen molar-refractivity contribution in [3.8, 4) is 0 Å². The third kappa shape index (κ3) is 3.18. The molecule has 0 saturated carbocycles. The molecular weight excluding hydrogens is 287 g/mol. The van der Waals surface area contributed by atoms with E-state index in [-0.39, 0.29) is 6.04 Å². The fourth-order valence-corrected chi connectivity index (χ4v) is 3.01. The van der Waals surface area contributed by atoms with E-state index in [0.29, 0.717) is 10.0 Å². The molecule has 0 bridgehead atoms. The Labute approximate surface area is 121 Å². The van der Waals surface area contributed by atoms with Crippen LogP contribution in [0.2, 0.25) is 10.0 Å². The van der Waals surface area contributed by atoms with Crippen LogP contribution < -0.4 is 5.73 Å². The summed E-state index contributed by atoms with van der Waals surface area (Å²) >= 11 is 13.6. The third-order valence-corrected chi connectivity index (χ3v) is 4.16. The SMILES string of the molecule is C[C@H](N)c1cccnc1Sc1cc(Cl)ccc1Cl. The quantitative estimate of drug-likeness (QED) is 0.903. The topological polar surface area (TPSA) is 38.9 Å². The van der Waals surface area contributed by atoms with Gasteiger partial charge in [0, 0.05) is 27.7 Å². The van der Waals surface area contributed by atoms with Gasteiger partial charge >= 0.3 is 0 Å². The molecule has 18 heavy (non-hydrogen) atoms. The minimum Gasteiger partial charge on any atom is -0.324 e. The molecule has 0 aliphatic carbocycles. The Kier molecular flexibility index (Phi) is 4.51. The van der Waals surface area contributed by atoms with Gasteiger partial charge in [-0.3, -0.25) is 0 Å². The maximum Gasteiger partial charge on any atom is 0.106 e. The average Bonchev–Trinajstić information content (AvgIpc) is 2.34. The first kappa shape index (κ1) is 13.7. The molecule has 0 aliphatic heterocycles. The highest BCUT2D eigenvalue weighted by molar-refractivity contribution is 7.99. The lowest BCUT2D eigenvalue weighted by molar-refractivity contribution is 0.779. The zero-order chi connectivity index (χ0) is 13.1. The molecule has 2 nitrogen and oxygen atoms in total. The standard InChI is InChI=1S/C13H12Cl2N2S/c1-8(16)10-3-2-6-17-13(10)18-12-7-9(14)4-5-11(12)15/h2-8H,16H2,1H3/t8-/m0/s1. The highest BCUT2D eigenvalue weighted by Crippen LogP contribution is 2.36. The van der Waals surface area contributed by atoms with E-state index in [1.54, 1.807) is 18.3 Å². The number of nitrogens with zero attached hydrogens (tertiary/aromatic N) is 1. The van der Waals surface area contributed by atoms with Crippen LogP contribution in [0.1, 0.15) is 18.5 Å². The molecule has 2 N–H and O–H groups in total. The van der Waals surface area contributed by atoms with Gasteiger partial charge in [-0.05, 0) is 31.2 Å². The Balaban J connectivity index is 2.37. The molecule has 1 aromatic carbocycles. The summed E-state index contributed by atoms with van der Waals surface area (Å²) in [5.41, 5.74) is 6.92. The monoisotopic (exact) mass is 298 g/mol. The predicted octanol–water partition coefficient (Wildman–Crippen LogP) is 4.56. The van der Waals surface area contributed by atoms with Crippen LogP contribution in [0.3, 0.4) is 0 Å². The Morgan fingerprint density at radius 1 is 1.28 bits per heavy atom. The highest BCUT2D eigenvalue weighted by Gasteiger charge is 2.11. The maximum absolute atomic E-state index is 6.14. The van der Waals surface area contributed by atoms with Gasteiger partial charge in [0.2, 0.25) is 0 Å². The number of nitrogens with two attached hydrogens (primary N) is 1. The Hall–Kier alpha value is -0.740. The van der Waals surface area contributed by atoms with Gasteiger partial charge in [-0.25, -0.2) is 4.98 Å². The third-order valence-electron chi connectivity index (χ3n) is 2.39. The molecule has 0 aliphatic rings. The van der Waals surface area contributed by atoms with Gasteiger partial charge in [-0.1, -0.05) is 41.0 Å². The lowest BCUT2D eigenvalue weighted by atomic mass is 10.2. The van der Waals surface area contributed by atoms with Crippen LogP contribution in [-0.4, -0.2) is 4.98 Å². The van der Waals surface area contributed by atoms with Crippen molar-refractivity contribution in [2.24, 2.45) is 5.73 Å². The Morgan fingerprint density at radius 3 is 2.78 bits per heavy atom. The van der Waals surface area contributed by atoms with E-state index in [9.17, 15) is 0 Å². The zero-order valence-electron chi connectivity index (χ0n) is 9.73. The molecule has 0 fully saturated rings. The van der Waals surface area contributed by atoms with Crippen molar-refractivity contribution in [1.29, 1.82) is 0 Å².